The van der Waals surface area contributed by atoms with Crippen LogP contribution in [0.1, 0.15) is 24.8 Å². The van der Waals surface area contributed by atoms with Crippen molar-refractivity contribution in [3.8, 4) is 5.75 Å². The van der Waals surface area contributed by atoms with Crippen LogP contribution in [-0.2, 0) is 4.79 Å². The summed E-state index contributed by atoms with van der Waals surface area (Å²) in [5.74, 6) is 0.714. The van der Waals surface area contributed by atoms with Gasteiger partial charge in [-0.25, -0.2) is 0 Å². The Hall–Kier alpha value is -3.01. The number of hydrogen-bond donors (Lipinski definition) is 2. The van der Waals surface area contributed by atoms with Crippen molar-refractivity contribution in [2.45, 2.75) is 19.3 Å². The van der Waals surface area contributed by atoms with Gasteiger partial charge in [-0.15, -0.1) is 0 Å². The van der Waals surface area contributed by atoms with E-state index in [9.17, 15) is 4.79 Å². The van der Waals surface area contributed by atoms with Crippen molar-refractivity contribution in [3.05, 3.63) is 72.3 Å². The van der Waals surface area contributed by atoms with E-state index >= 15 is 0 Å². The molecule has 27 heavy (non-hydrogen) atoms. The van der Waals surface area contributed by atoms with E-state index in [1.54, 1.807) is 7.11 Å². The van der Waals surface area contributed by atoms with Crippen LogP contribution >= 0.6 is 0 Å². The summed E-state index contributed by atoms with van der Waals surface area (Å²) >= 11 is 0. The van der Waals surface area contributed by atoms with Crippen molar-refractivity contribution >= 4 is 22.4 Å². The smallest absolute Gasteiger partial charge is 0.227 e. The molecular formula is C23H26N2O2. The largest absolute Gasteiger partial charge is 0.497 e. The zero-order chi connectivity index (χ0) is 19.1. The molecule has 0 spiro atoms. The number of para-hydroxylation sites is 1. The van der Waals surface area contributed by atoms with E-state index in [2.05, 4.69) is 16.7 Å². The first kappa shape index (κ1) is 18.8. The number of amides is 1. The van der Waals surface area contributed by atoms with E-state index in [1.807, 2.05) is 67.6 Å². The van der Waals surface area contributed by atoms with Crippen molar-refractivity contribution in [2.24, 2.45) is 0 Å². The first-order chi connectivity index (χ1) is 13.2. The highest BCUT2D eigenvalue weighted by Crippen LogP contribution is 2.25. The number of anilines is 1. The lowest BCUT2D eigenvalue weighted by molar-refractivity contribution is -0.122. The van der Waals surface area contributed by atoms with Crippen LogP contribution in [0.5, 0.6) is 5.75 Å². The summed E-state index contributed by atoms with van der Waals surface area (Å²) < 4.78 is 5.26. The van der Waals surface area contributed by atoms with Crippen LogP contribution in [0.2, 0.25) is 0 Å². The number of benzene rings is 3. The van der Waals surface area contributed by atoms with Crippen molar-refractivity contribution in [2.75, 3.05) is 25.5 Å². The molecule has 0 fully saturated rings. The normalized spacial score (nSPS) is 11.8. The van der Waals surface area contributed by atoms with Crippen LogP contribution in [0.25, 0.3) is 10.8 Å². The maximum Gasteiger partial charge on any atom is 0.227 e. The molecule has 0 unspecified atom stereocenters. The van der Waals surface area contributed by atoms with Crippen molar-refractivity contribution in [1.82, 2.24) is 5.32 Å². The van der Waals surface area contributed by atoms with Gasteiger partial charge in [0, 0.05) is 18.8 Å². The Kier molecular flexibility index (Phi) is 6.31. The summed E-state index contributed by atoms with van der Waals surface area (Å²) in [5.41, 5.74) is 2.12. The molecule has 140 valence electrons. The van der Waals surface area contributed by atoms with Crippen molar-refractivity contribution in [1.29, 1.82) is 0 Å². The molecule has 4 nitrogen and oxygen atoms in total. The minimum Gasteiger partial charge on any atom is -0.497 e. The van der Waals surface area contributed by atoms with E-state index in [0.717, 1.165) is 40.7 Å². The van der Waals surface area contributed by atoms with Gasteiger partial charge in [0.15, 0.2) is 0 Å². The van der Waals surface area contributed by atoms with Gasteiger partial charge in [-0.2, -0.15) is 0 Å². The van der Waals surface area contributed by atoms with Gasteiger partial charge in [0.05, 0.1) is 13.0 Å². The molecule has 0 aliphatic heterocycles. The van der Waals surface area contributed by atoms with Crippen LogP contribution in [-0.4, -0.2) is 26.1 Å². The first-order valence-corrected chi connectivity index (χ1v) is 9.32. The highest BCUT2D eigenvalue weighted by molar-refractivity contribution is 5.88. The van der Waals surface area contributed by atoms with Crippen molar-refractivity contribution < 1.29 is 9.53 Å². The van der Waals surface area contributed by atoms with E-state index in [0.29, 0.717) is 6.54 Å². The first-order valence-electron chi connectivity index (χ1n) is 9.32. The molecule has 1 amide bonds. The SMILES string of the molecule is COc1ccc2cc([C@H](C)C(=O)NCCCNc3ccccc3)ccc2c1. The third-order valence-electron chi connectivity index (χ3n) is 4.72. The molecule has 3 rings (SSSR count). The Morgan fingerprint density at radius 2 is 1.70 bits per heavy atom. The molecule has 0 radical (unpaired) electrons. The third kappa shape index (κ3) is 5.00. The fraction of sp³-hybridized carbons (Fsp3) is 0.261. The summed E-state index contributed by atoms with van der Waals surface area (Å²) in [6.45, 7) is 3.44. The summed E-state index contributed by atoms with van der Waals surface area (Å²) in [6, 6.07) is 22.2. The lowest BCUT2D eigenvalue weighted by Crippen LogP contribution is -2.29. The number of hydrogen-bond acceptors (Lipinski definition) is 3. The zero-order valence-corrected chi connectivity index (χ0v) is 15.9. The topological polar surface area (TPSA) is 50.4 Å². The molecule has 0 saturated carbocycles. The predicted molar refractivity (Wildman–Crippen MR) is 111 cm³/mol. The Morgan fingerprint density at radius 1 is 0.963 bits per heavy atom. The van der Waals surface area contributed by atoms with Gasteiger partial charge in [0.25, 0.3) is 0 Å². The van der Waals surface area contributed by atoms with Crippen LogP contribution < -0.4 is 15.4 Å². The number of carbonyl (C=O) groups is 1. The van der Waals surface area contributed by atoms with Gasteiger partial charge in [-0.05, 0) is 53.9 Å². The Balaban J connectivity index is 1.50. The highest BCUT2D eigenvalue weighted by Gasteiger charge is 2.15. The molecule has 0 aromatic heterocycles. The van der Waals surface area contributed by atoms with Crippen molar-refractivity contribution in [3.63, 3.8) is 0 Å². The van der Waals surface area contributed by atoms with Crippen LogP contribution in [0.15, 0.2) is 66.7 Å². The minimum absolute atomic E-state index is 0.0579. The molecular weight excluding hydrogens is 336 g/mol. The molecule has 0 aliphatic rings. The number of carbonyl (C=O) groups excluding carboxylic acids is 1. The second-order valence-corrected chi connectivity index (χ2v) is 6.63. The van der Waals surface area contributed by atoms with Gasteiger partial charge in [-0.3, -0.25) is 4.79 Å². The fourth-order valence-corrected chi connectivity index (χ4v) is 3.03. The zero-order valence-electron chi connectivity index (χ0n) is 15.9. The van der Waals surface area contributed by atoms with Crippen LogP contribution in [0, 0.1) is 0 Å². The van der Waals surface area contributed by atoms with Gasteiger partial charge in [-0.1, -0.05) is 42.5 Å². The van der Waals surface area contributed by atoms with E-state index in [1.165, 1.54) is 0 Å². The van der Waals surface area contributed by atoms with Crippen LogP contribution in [0.3, 0.4) is 0 Å². The number of nitrogens with one attached hydrogen (secondary N) is 2. The quantitative estimate of drug-likeness (QED) is 0.577. The summed E-state index contributed by atoms with van der Waals surface area (Å²) in [6.07, 6.45) is 0.880. The summed E-state index contributed by atoms with van der Waals surface area (Å²) in [4.78, 5) is 12.5. The second-order valence-electron chi connectivity index (χ2n) is 6.63. The predicted octanol–water partition coefficient (Wildman–Crippen LogP) is 4.57. The highest BCUT2D eigenvalue weighted by atomic mass is 16.5. The number of fused-ring (bicyclic) bond motifs is 1. The molecule has 2 N–H and O–H groups in total. The molecule has 4 heteroatoms. The molecule has 3 aromatic rings. The summed E-state index contributed by atoms with van der Waals surface area (Å²) in [7, 11) is 1.66. The molecule has 0 bridgehead atoms. The summed E-state index contributed by atoms with van der Waals surface area (Å²) in [5, 5.41) is 8.60. The Labute approximate surface area is 160 Å². The Morgan fingerprint density at radius 3 is 2.48 bits per heavy atom. The standard InChI is InChI=1S/C23H26N2O2/c1-17(18-9-10-20-16-22(27-2)12-11-19(20)15-18)23(26)25-14-6-13-24-21-7-4-3-5-8-21/h3-5,7-12,15-17,24H,6,13-14H2,1-2H3,(H,25,26)/t17-/m0/s1. The maximum absolute atomic E-state index is 12.5. The fourth-order valence-electron chi connectivity index (χ4n) is 3.03. The molecule has 1 atom stereocenters. The monoisotopic (exact) mass is 362 g/mol. The van der Waals surface area contributed by atoms with Gasteiger partial charge in [0.1, 0.15) is 5.75 Å². The van der Waals surface area contributed by atoms with Gasteiger partial charge in [0.2, 0.25) is 5.91 Å². The van der Waals surface area contributed by atoms with Gasteiger partial charge < -0.3 is 15.4 Å². The lowest BCUT2D eigenvalue weighted by Gasteiger charge is -2.14. The third-order valence-corrected chi connectivity index (χ3v) is 4.72. The van der Waals surface area contributed by atoms with E-state index in [-0.39, 0.29) is 11.8 Å². The number of rotatable bonds is 8. The molecule has 0 saturated heterocycles. The lowest BCUT2D eigenvalue weighted by atomic mass is 9.97. The molecule has 3 aromatic carbocycles. The number of methoxy groups -OCH3 is 1. The maximum atomic E-state index is 12.5. The minimum atomic E-state index is -0.182. The number of ether oxygens (including phenoxy) is 1. The van der Waals surface area contributed by atoms with E-state index in [4.69, 9.17) is 4.74 Å². The van der Waals surface area contributed by atoms with Gasteiger partial charge >= 0.3 is 0 Å². The average Bonchev–Trinajstić information content (AvgIpc) is 2.72. The molecule has 0 heterocycles. The molecule has 0 aliphatic carbocycles. The second kappa shape index (κ2) is 9.08. The van der Waals surface area contributed by atoms with Crippen LogP contribution in [0.4, 0.5) is 5.69 Å². The Bertz CT molecular complexity index is 893. The van der Waals surface area contributed by atoms with E-state index < -0.39 is 0 Å². The average molecular weight is 362 g/mol.